The molecule has 0 aliphatic carbocycles. The zero-order valence-corrected chi connectivity index (χ0v) is 12.8. The van der Waals surface area contributed by atoms with Gasteiger partial charge in [-0.2, -0.15) is 0 Å². The lowest BCUT2D eigenvalue weighted by Crippen LogP contribution is -2.33. The lowest BCUT2D eigenvalue weighted by Gasteiger charge is -2.22. The van der Waals surface area contributed by atoms with E-state index in [9.17, 15) is 4.79 Å². The molecule has 0 unspecified atom stereocenters. The Bertz CT molecular complexity index is 696. The summed E-state index contributed by atoms with van der Waals surface area (Å²) < 4.78 is 11.1. The number of nitrogens with zero attached hydrogens (tertiary/aromatic N) is 1. The Hall–Kier alpha value is -2.49. The number of aryl methyl sites for hydroxylation is 1. The van der Waals surface area contributed by atoms with E-state index in [1.54, 1.807) is 7.11 Å². The third kappa shape index (κ3) is 2.64. The normalized spacial score (nSPS) is 13.8. The molecule has 0 fully saturated rings. The first-order valence-corrected chi connectivity index (χ1v) is 7.34. The summed E-state index contributed by atoms with van der Waals surface area (Å²) in [7, 11) is 1.59. The van der Waals surface area contributed by atoms with Gasteiger partial charge in [0, 0.05) is 12.1 Å². The third-order valence-corrected chi connectivity index (χ3v) is 3.91. The van der Waals surface area contributed by atoms with Crippen molar-refractivity contribution in [2.24, 2.45) is 0 Å². The van der Waals surface area contributed by atoms with Crippen molar-refractivity contribution >= 4 is 5.91 Å². The SMILES string of the molecule is COc1cccc(C)c1C(=O)N1CCOc2ccccc2C1. The number of hydrogen-bond donors (Lipinski definition) is 0. The molecule has 0 saturated heterocycles. The molecule has 0 radical (unpaired) electrons. The van der Waals surface area contributed by atoms with Gasteiger partial charge in [0.1, 0.15) is 18.1 Å². The monoisotopic (exact) mass is 297 g/mol. The van der Waals surface area contributed by atoms with Crippen LogP contribution in [0, 0.1) is 6.92 Å². The minimum Gasteiger partial charge on any atom is -0.496 e. The lowest BCUT2D eigenvalue weighted by molar-refractivity contribution is 0.0729. The Morgan fingerprint density at radius 1 is 1.18 bits per heavy atom. The highest BCUT2D eigenvalue weighted by molar-refractivity contribution is 5.98. The van der Waals surface area contributed by atoms with Crippen LogP contribution in [-0.4, -0.2) is 31.1 Å². The second kappa shape index (κ2) is 6.10. The van der Waals surface area contributed by atoms with Crippen LogP contribution in [0.2, 0.25) is 0 Å². The highest BCUT2D eigenvalue weighted by Crippen LogP contribution is 2.27. The number of fused-ring (bicyclic) bond motifs is 1. The van der Waals surface area contributed by atoms with Crippen LogP contribution < -0.4 is 9.47 Å². The first-order valence-electron chi connectivity index (χ1n) is 7.34. The predicted molar refractivity (Wildman–Crippen MR) is 84.4 cm³/mol. The van der Waals surface area contributed by atoms with E-state index >= 15 is 0 Å². The van der Waals surface area contributed by atoms with Crippen LogP contribution in [0.25, 0.3) is 0 Å². The highest BCUT2D eigenvalue weighted by atomic mass is 16.5. The molecule has 0 atom stereocenters. The van der Waals surface area contributed by atoms with Crippen LogP contribution in [0.4, 0.5) is 0 Å². The summed E-state index contributed by atoms with van der Waals surface area (Å²) in [5, 5.41) is 0. The molecular formula is C18H19NO3. The fourth-order valence-corrected chi connectivity index (χ4v) is 2.74. The first kappa shape index (κ1) is 14.4. The molecule has 3 rings (SSSR count). The van der Waals surface area contributed by atoms with E-state index in [0.29, 0.717) is 31.0 Å². The van der Waals surface area contributed by atoms with Crippen molar-refractivity contribution in [3.63, 3.8) is 0 Å². The van der Waals surface area contributed by atoms with Gasteiger partial charge in [0.15, 0.2) is 0 Å². The molecule has 0 saturated carbocycles. The Morgan fingerprint density at radius 2 is 2.00 bits per heavy atom. The molecule has 4 nitrogen and oxygen atoms in total. The van der Waals surface area contributed by atoms with Gasteiger partial charge in [-0.25, -0.2) is 0 Å². The minimum atomic E-state index is -0.0183. The first-order chi connectivity index (χ1) is 10.7. The zero-order valence-electron chi connectivity index (χ0n) is 12.8. The summed E-state index contributed by atoms with van der Waals surface area (Å²) >= 11 is 0. The van der Waals surface area contributed by atoms with E-state index in [2.05, 4.69) is 0 Å². The number of ether oxygens (including phenoxy) is 2. The Kier molecular flexibility index (Phi) is 4.00. The second-order valence-corrected chi connectivity index (χ2v) is 5.34. The van der Waals surface area contributed by atoms with Crippen molar-refractivity contribution in [1.29, 1.82) is 0 Å². The van der Waals surface area contributed by atoms with E-state index < -0.39 is 0 Å². The number of carbonyl (C=O) groups excluding carboxylic acids is 1. The van der Waals surface area contributed by atoms with Crippen molar-refractivity contribution in [3.8, 4) is 11.5 Å². The van der Waals surface area contributed by atoms with Crippen molar-refractivity contribution in [2.75, 3.05) is 20.3 Å². The van der Waals surface area contributed by atoms with Crippen LogP contribution >= 0.6 is 0 Å². The number of para-hydroxylation sites is 1. The van der Waals surface area contributed by atoms with Gasteiger partial charge in [0.2, 0.25) is 0 Å². The fourth-order valence-electron chi connectivity index (χ4n) is 2.74. The summed E-state index contributed by atoms with van der Waals surface area (Å²) in [5.74, 6) is 1.45. The van der Waals surface area contributed by atoms with E-state index in [-0.39, 0.29) is 5.91 Å². The quantitative estimate of drug-likeness (QED) is 0.855. The van der Waals surface area contributed by atoms with Gasteiger partial charge >= 0.3 is 0 Å². The summed E-state index contributed by atoms with van der Waals surface area (Å²) in [6.07, 6.45) is 0. The van der Waals surface area contributed by atoms with Crippen LogP contribution in [-0.2, 0) is 6.54 Å². The maximum atomic E-state index is 13.0. The smallest absolute Gasteiger partial charge is 0.258 e. The number of hydrogen-bond acceptors (Lipinski definition) is 3. The molecule has 22 heavy (non-hydrogen) atoms. The predicted octanol–water partition coefficient (Wildman–Crippen LogP) is 3.04. The van der Waals surface area contributed by atoms with Crippen molar-refractivity contribution < 1.29 is 14.3 Å². The van der Waals surface area contributed by atoms with Gasteiger partial charge in [-0.15, -0.1) is 0 Å². The van der Waals surface area contributed by atoms with Crippen LogP contribution in [0.1, 0.15) is 21.5 Å². The molecular weight excluding hydrogens is 278 g/mol. The maximum Gasteiger partial charge on any atom is 0.258 e. The highest BCUT2D eigenvalue weighted by Gasteiger charge is 2.24. The average molecular weight is 297 g/mol. The number of methoxy groups -OCH3 is 1. The van der Waals surface area contributed by atoms with E-state index in [1.165, 1.54) is 0 Å². The second-order valence-electron chi connectivity index (χ2n) is 5.34. The number of amides is 1. The molecule has 1 amide bonds. The number of rotatable bonds is 2. The van der Waals surface area contributed by atoms with E-state index in [1.807, 2.05) is 54.3 Å². The molecule has 1 heterocycles. The molecule has 1 aliphatic rings. The Labute approximate surface area is 130 Å². The van der Waals surface area contributed by atoms with Crippen molar-refractivity contribution in [2.45, 2.75) is 13.5 Å². The summed E-state index contributed by atoms with van der Waals surface area (Å²) in [6.45, 7) is 3.53. The summed E-state index contributed by atoms with van der Waals surface area (Å²) in [5.41, 5.74) is 2.58. The summed E-state index contributed by atoms with van der Waals surface area (Å²) in [6, 6.07) is 13.5. The van der Waals surface area contributed by atoms with Gasteiger partial charge < -0.3 is 14.4 Å². The topological polar surface area (TPSA) is 38.8 Å². The van der Waals surface area contributed by atoms with Gasteiger partial charge in [0.05, 0.1) is 19.2 Å². The van der Waals surface area contributed by atoms with Crippen LogP contribution in [0.5, 0.6) is 11.5 Å². The van der Waals surface area contributed by atoms with Crippen molar-refractivity contribution in [1.82, 2.24) is 4.90 Å². The van der Waals surface area contributed by atoms with Gasteiger partial charge in [-0.05, 0) is 24.6 Å². The molecule has 4 heteroatoms. The lowest BCUT2D eigenvalue weighted by atomic mass is 10.1. The molecule has 114 valence electrons. The molecule has 0 spiro atoms. The largest absolute Gasteiger partial charge is 0.496 e. The van der Waals surface area contributed by atoms with Crippen LogP contribution in [0.3, 0.4) is 0 Å². The molecule has 2 aromatic rings. The molecule has 0 bridgehead atoms. The fraction of sp³-hybridized carbons (Fsp3) is 0.278. The number of carbonyl (C=O) groups is 1. The minimum absolute atomic E-state index is 0.0183. The third-order valence-electron chi connectivity index (χ3n) is 3.91. The standard InChI is InChI=1S/C18H19NO3/c1-13-6-5-9-16(21-2)17(13)18(20)19-10-11-22-15-8-4-3-7-14(15)12-19/h3-9H,10-12H2,1-2H3. The summed E-state index contributed by atoms with van der Waals surface area (Å²) in [4.78, 5) is 14.8. The number of benzene rings is 2. The van der Waals surface area contributed by atoms with Gasteiger partial charge in [0.25, 0.3) is 5.91 Å². The maximum absolute atomic E-state index is 13.0. The van der Waals surface area contributed by atoms with E-state index in [0.717, 1.165) is 16.9 Å². The van der Waals surface area contributed by atoms with Gasteiger partial charge in [-0.3, -0.25) is 4.79 Å². The Balaban J connectivity index is 1.93. The van der Waals surface area contributed by atoms with E-state index in [4.69, 9.17) is 9.47 Å². The van der Waals surface area contributed by atoms with Crippen molar-refractivity contribution in [3.05, 3.63) is 59.2 Å². The average Bonchev–Trinajstić information content (AvgIpc) is 2.76. The van der Waals surface area contributed by atoms with Gasteiger partial charge in [-0.1, -0.05) is 30.3 Å². The molecule has 0 aromatic heterocycles. The molecule has 1 aliphatic heterocycles. The molecule has 0 N–H and O–H groups in total. The Morgan fingerprint density at radius 3 is 2.82 bits per heavy atom. The molecule has 2 aromatic carbocycles. The zero-order chi connectivity index (χ0) is 15.5. The van der Waals surface area contributed by atoms with Crippen LogP contribution in [0.15, 0.2) is 42.5 Å².